The Kier molecular flexibility index (Phi) is 6.08. The highest BCUT2D eigenvalue weighted by molar-refractivity contribution is 6.26. The van der Waals surface area contributed by atoms with Crippen LogP contribution >= 0.6 is 0 Å². The summed E-state index contributed by atoms with van der Waals surface area (Å²) in [5.41, 5.74) is 14.3. The Bertz CT molecular complexity index is 3010. The molecular formula is C51H34O. The second-order valence-corrected chi connectivity index (χ2v) is 14.8. The van der Waals surface area contributed by atoms with Crippen LogP contribution in [-0.4, -0.2) is 0 Å². The fourth-order valence-electron chi connectivity index (χ4n) is 9.27. The maximum atomic E-state index is 7.13. The third-order valence-corrected chi connectivity index (χ3v) is 11.6. The normalized spacial score (nSPS) is 13.3. The van der Waals surface area contributed by atoms with E-state index in [4.69, 9.17) is 4.42 Å². The van der Waals surface area contributed by atoms with Gasteiger partial charge in [-0.2, -0.15) is 0 Å². The van der Waals surface area contributed by atoms with Crippen LogP contribution in [0.5, 0.6) is 0 Å². The van der Waals surface area contributed by atoms with Crippen molar-refractivity contribution < 1.29 is 4.42 Å². The van der Waals surface area contributed by atoms with Crippen LogP contribution in [0.15, 0.2) is 174 Å². The second-order valence-electron chi connectivity index (χ2n) is 14.8. The van der Waals surface area contributed by atoms with Crippen LogP contribution in [0.4, 0.5) is 0 Å². The SMILES string of the molecule is CC1(C)c2ccccc2-c2cc(-c3c4ccccc4c(-c4ccc(-c5ccccc5)cc4)c4ccccc34)c3oc4cc5ccccc5cc4c3c21. The molecule has 0 saturated carbocycles. The lowest BCUT2D eigenvalue weighted by molar-refractivity contribution is 0.658. The van der Waals surface area contributed by atoms with E-state index in [2.05, 4.69) is 184 Å². The molecule has 0 saturated heterocycles. The van der Waals surface area contributed by atoms with Crippen LogP contribution in [0.25, 0.3) is 98.8 Å². The quantitative estimate of drug-likeness (QED) is 0.172. The van der Waals surface area contributed by atoms with Gasteiger partial charge in [0.05, 0.1) is 0 Å². The number of fused-ring (bicyclic) bond motifs is 10. The van der Waals surface area contributed by atoms with Gasteiger partial charge in [0.25, 0.3) is 0 Å². The Morgan fingerprint density at radius 1 is 0.404 bits per heavy atom. The summed E-state index contributed by atoms with van der Waals surface area (Å²) in [6, 6.07) is 62.2. The summed E-state index contributed by atoms with van der Waals surface area (Å²) < 4.78 is 7.13. The highest BCUT2D eigenvalue weighted by atomic mass is 16.3. The Balaban J connectivity index is 1.27. The van der Waals surface area contributed by atoms with E-state index < -0.39 is 0 Å². The molecule has 0 N–H and O–H groups in total. The van der Waals surface area contributed by atoms with Gasteiger partial charge in [-0.3, -0.25) is 0 Å². The Labute approximate surface area is 302 Å². The first-order valence-electron chi connectivity index (χ1n) is 18.2. The molecule has 10 aromatic rings. The smallest absolute Gasteiger partial charge is 0.143 e. The largest absolute Gasteiger partial charge is 0.455 e. The third kappa shape index (κ3) is 4.05. The molecule has 0 fully saturated rings. The van der Waals surface area contributed by atoms with E-state index in [1.807, 2.05) is 0 Å². The Morgan fingerprint density at radius 3 is 1.63 bits per heavy atom. The number of furan rings is 1. The monoisotopic (exact) mass is 662 g/mol. The van der Waals surface area contributed by atoms with Crippen molar-refractivity contribution in [2.45, 2.75) is 19.3 Å². The van der Waals surface area contributed by atoms with Crippen molar-refractivity contribution in [3.63, 3.8) is 0 Å². The first-order valence-corrected chi connectivity index (χ1v) is 18.2. The van der Waals surface area contributed by atoms with Crippen molar-refractivity contribution >= 4 is 54.3 Å². The molecular weight excluding hydrogens is 629 g/mol. The van der Waals surface area contributed by atoms with Gasteiger partial charge >= 0.3 is 0 Å². The van der Waals surface area contributed by atoms with E-state index in [0.29, 0.717) is 0 Å². The van der Waals surface area contributed by atoms with E-state index >= 15 is 0 Å². The van der Waals surface area contributed by atoms with Crippen molar-refractivity contribution in [1.82, 2.24) is 0 Å². The van der Waals surface area contributed by atoms with E-state index in [1.165, 1.54) is 93.2 Å². The predicted octanol–water partition coefficient (Wildman–Crippen LogP) is 14.4. The van der Waals surface area contributed by atoms with E-state index in [1.54, 1.807) is 0 Å². The lowest BCUT2D eigenvalue weighted by Gasteiger charge is -2.23. The summed E-state index contributed by atoms with van der Waals surface area (Å²) in [7, 11) is 0. The first kappa shape index (κ1) is 29.3. The van der Waals surface area contributed by atoms with Crippen molar-refractivity contribution in [3.8, 4) is 44.5 Å². The van der Waals surface area contributed by atoms with Crippen molar-refractivity contribution in [2.24, 2.45) is 0 Å². The minimum Gasteiger partial charge on any atom is -0.455 e. The zero-order valence-corrected chi connectivity index (χ0v) is 29.1. The molecule has 1 nitrogen and oxygen atoms in total. The summed E-state index contributed by atoms with van der Waals surface area (Å²) in [6.07, 6.45) is 0. The van der Waals surface area contributed by atoms with Gasteiger partial charge in [0.15, 0.2) is 0 Å². The minimum atomic E-state index is -0.189. The van der Waals surface area contributed by atoms with Gasteiger partial charge in [0.1, 0.15) is 11.2 Å². The molecule has 1 heterocycles. The molecule has 244 valence electrons. The number of hydrogen-bond acceptors (Lipinski definition) is 1. The van der Waals surface area contributed by atoms with Crippen LogP contribution in [-0.2, 0) is 5.41 Å². The molecule has 1 aromatic heterocycles. The fraction of sp³-hybridized carbons (Fsp3) is 0.0588. The molecule has 52 heavy (non-hydrogen) atoms. The molecule has 9 aromatic carbocycles. The minimum absolute atomic E-state index is 0.189. The molecule has 1 aliphatic carbocycles. The maximum absolute atomic E-state index is 7.13. The lowest BCUT2D eigenvalue weighted by Crippen LogP contribution is -2.15. The van der Waals surface area contributed by atoms with Crippen LogP contribution in [0.2, 0.25) is 0 Å². The lowest BCUT2D eigenvalue weighted by atomic mass is 9.79. The molecule has 0 atom stereocenters. The molecule has 0 radical (unpaired) electrons. The molecule has 0 unspecified atom stereocenters. The number of benzene rings is 9. The topological polar surface area (TPSA) is 13.1 Å². The molecule has 1 heteroatoms. The highest BCUT2D eigenvalue weighted by Crippen LogP contribution is 2.56. The molecule has 0 amide bonds. The maximum Gasteiger partial charge on any atom is 0.143 e. The summed E-state index contributed by atoms with van der Waals surface area (Å²) >= 11 is 0. The van der Waals surface area contributed by atoms with Crippen molar-refractivity contribution in [1.29, 1.82) is 0 Å². The first-order chi connectivity index (χ1) is 25.6. The van der Waals surface area contributed by atoms with Gasteiger partial charge < -0.3 is 4.42 Å². The molecule has 0 spiro atoms. The van der Waals surface area contributed by atoms with E-state index in [-0.39, 0.29) is 5.41 Å². The molecule has 0 bridgehead atoms. The average molecular weight is 663 g/mol. The van der Waals surface area contributed by atoms with Crippen molar-refractivity contribution in [2.75, 3.05) is 0 Å². The fourth-order valence-corrected chi connectivity index (χ4v) is 9.27. The summed E-state index contributed by atoms with van der Waals surface area (Å²) in [5, 5.41) is 9.73. The Morgan fingerprint density at radius 2 is 0.942 bits per heavy atom. The van der Waals surface area contributed by atoms with Gasteiger partial charge in [0.2, 0.25) is 0 Å². The van der Waals surface area contributed by atoms with Gasteiger partial charge in [-0.05, 0) is 95.0 Å². The zero-order chi connectivity index (χ0) is 34.6. The standard InChI is InChI=1S/C51H34O/c1-51(2)44-23-13-12-18-36(44)41-30-43(50-48(49(41)51)42-28-34-16-6-7-17-35(34)29-45(42)52-50)47-39-21-10-8-19-37(39)46(38-20-9-11-22-40(38)47)33-26-24-32(25-27-33)31-14-4-3-5-15-31/h3-30H,1-2H3. The molecule has 1 aliphatic rings. The third-order valence-electron chi connectivity index (χ3n) is 11.6. The summed E-state index contributed by atoms with van der Waals surface area (Å²) in [5.74, 6) is 0. The number of rotatable bonds is 3. The zero-order valence-electron chi connectivity index (χ0n) is 29.1. The summed E-state index contributed by atoms with van der Waals surface area (Å²) in [4.78, 5) is 0. The van der Waals surface area contributed by atoms with Gasteiger partial charge in [0, 0.05) is 27.3 Å². The average Bonchev–Trinajstić information content (AvgIpc) is 3.67. The van der Waals surface area contributed by atoms with Gasteiger partial charge in [-0.25, -0.2) is 0 Å². The molecule has 11 rings (SSSR count). The van der Waals surface area contributed by atoms with E-state index in [9.17, 15) is 0 Å². The van der Waals surface area contributed by atoms with E-state index in [0.717, 1.165) is 16.7 Å². The molecule has 0 aliphatic heterocycles. The predicted molar refractivity (Wildman–Crippen MR) is 220 cm³/mol. The van der Waals surface area contributed by atoms with Crippen LogP contribution in [0.1, 0.15) is 25.0 Å². The highest BCUT2D eigenvalue weighted by Gasteiger charge is 2.39. The van der Waals surface area contributed by atoms with Crippen LogP contribution in [0.3, 0.4) is 0 Å². The van der Waals surface area contributed by atoms with Gasteiger partial charge in [-0.1, -0.05) is 166 Å². The van der Waals surface area contributed by atoms with Gasteiger partial charge in [-0.15, -0.1) is 0 Å². The summed E-state index contributed by atoms with van der Waals surface area (Å²) in [6.45, 7) is 4.75. The second kappa shape index (κ2) is 10.8. The van der Waals surface area contributed by atoms with Crippen LogP contribution < -0.4 is 0 Å². The van der Waals surface area contributed by atoms with Crippen LogP contribution in [0, 0.1) is 0 Å². The Hall–Kier alpha value is -6.44. The number of hydrogen-bond donors (Lipinski definition) is 0. The van der Waals surface area contributed by atoms with Crippen molar-refractivity contribution in [3.05, 3.63) is 181 Å².